The molecule has 4 nitrogen and oxygen atoms in total. The van der Waals surface area contributed by atoms with Crippen LogP contribution in [-0.4, -0.2) is 36.8 Å². The summed E-state index contributed by atoms with van der Waals surface area (Å²) >= 11 is 1.85. The van der Waals surface area contributed by atoms with E-state index in [9.17, 15) is 8.42 Å². The lowest BCUT2D eigenvalue weighted by Gasteiger charge is -2.31. The maximum atomic E-state index is 12.6. The number of thioether (sulfide) groups is 1. The number of nitrogen functional groups attached to an aromatic ring is 1. The van der Waals surface area contributed by atoms with Gasteiger partial charge in [-0.1, -0.05) is 13.0 Å². The number of sulfonamides is 1. The van der Waals surface area contributed by atoms with Gasteiger partial charge >= 0.3 is 0 Å². The van der Waals surface area contributed by atoms with Crippen molar-refractivity contribution in [1.82, 2.24) is 4.31 Å². The van der Waals surface area contributed by atoms with Crippen LogP contribution in [0.4, 0.5) is 5.69 Å². The Hall–Kier alpha value is -0.720. The summed E-state index contributed by atoms with van der Waals surface area (Å²) in [6.45, 7) is 5.14. The zero-order valence-electron chi connectivity index (χ0n) is 11.3. The van der Waals surface area contributed by atoms with Gasteiger partial charge in [-0.3, -0.25) is 0 Å². The summed E-state index contributed by atoms with van der Waals surface area (Å²) < 4.78 is 26.8. The van der Waals surface area contributed by atoms with E-state index in [1.807, 2.05) is 18.7 Å². The first kappa shape index (κ1) is 14.7. The van der Waals surface area contributed by atoms with Crippen molar-refractivity contribution in [2.75, 3.05) is 24.6 Å². The van der Waals surface area contributed by atoms with E-state index in [0.29, 0.717) is 24.0 Å². The number of rotatable bonds is 3. The van der Waals surface area contributed by atoms with Gasteiger partial charge in [0.15, 0.2) is 0 Å². The van der Waals surface area contributed by atoms with E-state index in [1.165, 1.54) is 0 Å². The molecule has 106 valence electrons. The van der Waals surface area contributed by atoms with Crippen LogP contribution < -0.4 is 5.73 Å². The minimum Gasteiger partial charge on any atom is -0.398 e. The van der Waals surface area contributed by atoms with Crippen molar-refractivity contribution in [3.63, 3.8) is 0 Å². The average Bonchev–Trinajstić information content (AvgIpc) is 2.38. The van der Waals surface area contributed by atoms with E-state index >= 15 is 0 Å². The molecule has 6 heteroatoms. The van der Waals surface area contributed by atoms with Crippen molar-refractivity contribution < 1.29 is 8.42 Å². The van der Waals surface area contributed by atoms with Crippen LogP contribution in [0.1, 0.15) is 18.9 Å². The Balaban J connectivity index is 2.31. The summed E-state index contributed by atoms with van der Waals surface area (Å²) in [7, 11) is -3.46. The second-order valence-electron chi connectivity index (χ2n) is 4.81. The van der Waals surface area contributed by atoms with Crippen molar-refractivity contribution in [1.29, 1.82) is 0 Å². The van der Waals surface area contributed by atoms with Gasteiger partial charge in [0.2, 0.25) is 10.0 Å². The number of aryl methyl sites for hydroxylation is 1. The molecule has 1 saturated heterocycles. The molecule has 1 unspecified atom stereocenters. The number of anilines is 1. The third kappa shape index (κ3) is 3.07. The van der Waals surface area contributed by atoms with Gasteiger partial charge in [-0.05, 0) is 31.0 Å². The van der Waals surface area contributed by atoms with Crippen LogP contribution in [-0.2, 0) is 10.0 Å². The van der Waals surface area contributed by atoms with Gasteiger partial charge in [-0.15, -0.1) is 0 Å². The normalized spacial score (nSPS) is 21.5. The molecule has 19 heavy (non-hydrogen) atoms. The Labute approximate surface area is 119 Å². The van der Waals surface area contributed by atoms with Gasteiger partial charge < -0.3 is 5.73 Å². The summed E-state index contributed by atoms with van der Waals surface area (Å²) in [5.74, 6) is 0.851. The van der Waals surface area contributed by atoms with E-state index in [-0.39, 0.29) is 4.90 Å². The Morgan fingerprint density at radius 3 is 2.84 bits per heavy atom. The van der Waals surface area contributed by atoms with Crippen molar-refractivity contribution >= 4 is 27.5 Å². The standard InChI is InChI=1S/C13H20N2O2S2/c1-3-11-9-15(6-7-18-11)19(16,17)13-5-4-10(2)8-12(13)14/h4-5,8,11H,3,6-7,9,14H2,1-2H3. The van der Waals surface area contributed by atoms with Gasteiger partial charge in [-0.25, -0.2) is 8.42 Å². The fourth-order valence-electron chi connectivity index (χ4n) is 2.20. The van der Waals surface area contributed by atoms with Crippen molar-refractivity contribution in [2.24, 2.45) is 0 Å². The molecule has 0 saturated carbocycles. The minimum atomic E-state index is -3.46. The molecule has 0 spiro atoms. The molecule has 2 N–H and O–H groups in total. The number of nitrogens with two attached hydrogens (primary N) is 1. The molecule has 0 aromatic heterocycles. The molecule has 1 aliphatic rings. The van der Waals surface area contributed by atoms with Gasteiger partial charge in [0.1, 0.15) is 4.90 Å². The molecule has 1 atom stereocenters. The maximum absolute atomic E-state index is 12.6. The van der Waals surface area contributed by atoms with Crippen LogP contribution in [0.25, 0.3) is 0 Å². The van der Waals surface area contributed by atoms with Crippen molar-refractivity contribution in [2.45, 2.75) is 30.4 Å². The smallest absolute Gasteiger partial charge is 0.245 e. The van der Waals surface area contributed by atoms with Crippen molar-refractivity contribution in [3.05, 3.63) is 23.8 Å². The average molecular weight is 300 g/mol. The molecule has 0 bridgehead atoms. The summed E-state index contributed by atoms with van der Waals surface area (Å²) in [6, 6.07) is 5.12. The molecule has 2 rings (SSSR count). The zero-order valence-corrected chi connectivity index (χ0v) is 12.9. The van der Waals surface area contributed by atoms with E-state index in [2.05, 4.69) is 6.92 Å². The van der Waals surface area contributed by atoms with Gasteiger partial charge in [0.05, 0.1) is 5.69 Å². The molecular weight excluding hydrogens is 280 g/mol. The minimum absolute atomic E-state index is 0.236. The summed E-state index contributed by atoms with van der Waals surface area (Å²) in [4.78, 5) is 0.236. The first-order valence-electron chi connectivity index (χ1n) is 6.43. The molecule has 1 heterocycles. The summed E-state index contributed by atoms with van der Waals surface area (Å²) in [6.07, 6.45) is 0.986. The summed E-state index contributed by atoms with van der Waals surface area (Å²) in [5, 5.41) is 0.384. The second kappa shape index (κ2) is 5.73. The zero-order chi connectivity index (χ0) is 14.0. The third-order valence-corrected chi connectivity index (χ3v) is 6.65. The topological polar surface area (TPSA) is 63.4 Å². The molecule has 0 amide bonds. The Morgan fingerprint density at radius 2 is 2.21 bits per heavy atom. The van der Waals surface area contributed by atoms with Gasteiger partial charge in [0, 0.05) is 24.1 Å². The highest BCUT2D eigenvalue weighted by molar-refractivity contribution is 8.00. The highest BCUT2D eigenvalue weighted by Gasteiger charge is 2.31. The first-order valence-corrected chi connectivity index (χ1v) is 8.92. The Morgan fingerprint density at radius 1 is 1.47 bits per heavy atom. The van der Waals surface area contributed by atoms with Gasteiger partial charge in [-0.2, -0.15) is 16.1 Å². The number of hydrogen-bond donors (Lipinski definition) is 1. The predicted octanol–water partition coefficient (Wildman–Crippen LogP) is 2.09. The highest BCUT2D eigenvalue weighted by Crippen LogP contribution is 2.28. The van der Waals surface area contributed by atoms with Crippen LogP contribution in [0, 0.1) is 6.92 Å². The predicted molar refractivity (Wildman–Crippen MR) is 80.9 cm³/mol. The molecule has 0 aliphatic carbocycles. The fourth-order valence-corrected chi connectivity index (χ4v) is 5.17. The monoisotopic (exact) mass is 300 g/mol. The lowest BCUT2D eigenvalue weighted by molar-refractivity contribution is 0.416. The Bertz CT molecular complexity index is 558. The van der Waals surface area contributed by atoms with Crippen LogP contribution >= 0.6 is 11.8 Å². The molecule has 0 radical (unpaired) electrons. The largest absolute Gasteiger partial charge is 0.398 e. The number of hydrogen-bond acceptors (Lipinski definition) is 4. The summed E-state index contributed by atoms with van der Waals surface area (Å²) in [5.41, 5.74) is 7.18. The number of benzene rings is 1. The third-order valence-electron chi connectivity index (χ3n) is 3.34. The molecule has 1 aromatic rings. The number of nitrogens with zero attached hydrogens (tertiary/aromatic N) is 1. The SMILES string of the molecule is CCC1CN(S(=O)(=O)c2ccc(C)cc2N)CCS1. The molecule has 1 aliphatic heterocycles. The van der Waals surface area contributed by atoms with E-state index in [1.54, 1.807) is 22.5 Å². The Kier molecular flexibility index (Phi) is 4.43. The molecule has 1 aromatic carbocycles. The first-order chi connectivity index (χ1) is 8.95. The van der Waals surface area contributed by atoms with Crippen LogP contribution in [0.3, 0.4) is 0 Å². The lowest BCUT2D eigenvalue weighted by Crippen LogP contribution is -2.41. The lowest BCUT2D eigenvalue weighted by atomic mass is 10.2. The van der Waals surface area contributed by atoms with Crippen molar-refractivity contribution in [3.8, 4) is 0 Å². The van der Waals surface area contributed by atoms with E-state index < -0.39 is 10.0 Å². The van der Waals surface area contributed by atoms with Crippen LogP contribution in [0.5, 0.6) is 0 Å². The quantitative estimate of drug-likeness (QED) is 0.868. The molecule has 1 fully saturated rings. The fraction of sp³-hybridized carbons (Fsp3) is 0.538. The van der Waals surface area contributed by atoms with E-state index in [0.717, 1.165) is 17.7 Å². The molecular formula is C13H20N2O2S2. The highest BCUT2D eigenvalue weighted by atomic mass is 32.2. The maximum Gasteiger partial charge on any atom is 0.245 e. The van der Waals surface area contributed by atoms with Crippen LogP contribution in [0.15, 0.2) is 23.1 Å². The second-order valence-corrected chi connectivity index (χ2v) is 8.12. The van der Waals surface area contributed by atoms with E-state index in [4.69, 9.17) is 5.73 Å². The van der Waals surface area contributed by atoms with Gasteiger partial charge in [0.25, 0.3) is 0 Å². The van der Waals surface area contributed by atoms with Crippen LogP contribution in [0.2, 0.25) is 0 Å².